The molecule has 0 radical (unpaired) electrons. The van der Waals surface area contributed by atoms with Gasteiger partial charge >= 0.3 is 0 Å². The maximum absolute atomic E-state index is 11.9. The molecule has 0 aromatic heterocycles. The summed E-state index contributed by atoms with van der Waals surface area (Å²) in [5, 5.41) is 9.86. The number of sulfonamides is 1. The first-order valence-corrected chi connectivity index (χ1v) is 7.87. The minimum Gasteiger partial charge on any atom is -0.393 e. The number of aliphatic hydroxyl groups excluding tert-OH is 1. The first kappa shape index (κ1) is 16.1. The van der Waals surface area contributed by atoms with Gasteiger partial charge in [0.25, 0.3) is 0 Å². The lowest BCUT2D eigenvalue weighted by Crippen LogP contribution is -2.22. The normalized spacial score (nSPS) is 14.1. The highest BCUT2D eigenvalue weighted by molar-refractivity contribution is 7.89. The molecule has 4 nitrogen and oxygen atoms in total. The van der Waals surface area contributed by atoms with Gasteiger partial charge in [0, 0.05) is 14.1 Å². The fourth-order valence-corrected chi connectivity index (χ4v) is 2.81. The lowest BCUT2D eigenvalue weighted by atomic mass is 10.00. The molecule has 0 spiro atoms. The maximum Gasteiger partial charge on any atom is 0.242 e. The van der Waals surface area contributed by atoms with E-state index in [0.29, 0.717) is 12.3 Å². The number of nitrogens with zero attached hydrogens (tertiary/aromatic N) is 1. The van der Waals surface area contributed by atoms with Crippen molar-refractivity contribution in [1.82, 2.24) is 4.31 Å². The zero-order chi connectivity index (χ0) is 14.6. The molecule has 1 atom stereocenters. The fraction of sp³-hybridized carbons (Fsp3) is 0.571. The number of aliphatic hydroxyl groups is 1. The van der Waals surface area contributed by atoms with Gasteiger partial charge in [-0.2, -0.15) is 0 Å². The Labute approximate surface area is 116 Å². The van der Waals surface area contributed by atoms with E-state index < -0.39 is 10.0 Å². The molecule has 0 aliphatic rings. The topological polar surface area (TPSA) is 57.6 Å². The van der Waals surface area contributed by atoms with Crippen LogP contribution in [0.15, 0.2) is 29.2 Å². The Morgan fingerprint density at radius 3 is 2.11 bits per heavy atom. The van der Waals surface area contributed by atoms with E-state index in [-0.39, 0.29) is 11.0 Å². The van der Waals surface area contributed by atoms with Gasteiger partial charge in [-0.25, -0.2) is 12.7 Å². The Kier molecular flexibility index (Phi) is 5.52. The van der Waals surface area contributed by atoms with Gasteiger partial charge in [-0.15, -0.1) is 0 Å². The Balaban J connectivity index is 2.78. The van der Waals surface area contributed by atoms with Crippen molar-refractivity contribution >= 4 is 10.0 Å². The van der Waals surface area contributed by atoms with Crippen LogP contribution in [-0.2, 0) is 16.4 Å². The smallest absolute Gasteiger partial charge is 0.242 e. The van der Waals surface area contributed by atoms with Crippen molar-refractivity contribution in [2.24, 2.45) is 5.92 Å². The Morgan fingerprint density at radius 1 is 1.16 bits per heavy atom. The van der Waals surface area contributed by atoms with Crippen LogP contribution in [0, 0.1) is 5.92 Å². The summed E-state index contributed by atoms with van der Waals surface area (Å²) in [5.41, 5.74) is 0.950. The summed E-state index contributed by atoms with van der Waals surface area (Å²) in [4.78, 5) is 0.277. The second kappa shape index (κ2) is 6.50. The summed E-state index contributed by atoms with van der Waals surface area (Å²) in [7, 11) is -0.351. The second-order valence-electron chi connectivity index (χ2n) is 5.42. The van der Waals surface area contributed by atoms with Crippen LogP contribution in [-0.4, -0.2) is 38.0 Å². The zero-order valence-electron chi connectivity index (χ0n) is 12.0. The van der Waals surface area contributed by atoms with Crippen molar-refractivity contribution in [3.63, 3.8) is 0 Å². The van der Waals surface area contributed by atoms with Gasteiger partial charge in [0.2, 0.25) is 10.0 Å². The summed E-state index contributed by atoms with van der Waals surface area (Å²) in [6.45, 7) is 4.13. The molecule has 0 aliphatic heterocycles. The summed E-state index contributed by atoms with van der Waals surface area (Å²) < 4.78 is 25.0. The predicted molar refractivity (Wildman–Crippen MR) is 76.5 cm³/mol. The number of hydrogen-bond acceptors (Lipinski definition) is 3. The van der Waals surface area contributed by atoms with Crippen molar-refractivity contribution in [2.45, 2.75) is 37.7 Å². The van der Waals surface area contributed by atoms with E-state index in [1.807, 2.05) is 0 Å². The molecule has 1 aromatic carbocycles. The van der Waals surface area contributed by atoms with E-state index in [9.17, 15) is 13.5 Å². The number of rotatable bonds is 6. The molecular formula is C14H23NO3S. The summed E-state index contributed by atoms with van der Waals surface area (Å²) in [6, 6.07) is 6.71. The van der Waals surface area contributed by atoms with E-state index in [1.165, 1.54) is 18.4 Å². The van der Waals surface area contributed by atoms with Crippen molar-refractivity contribution in [2.75, 3.05) is 14.1 Å². The molecule has 0 heterocycles. The molecule has 1 unspecified atom stereocenters. The van der Waals surface area contributed by atoms with Gasteiger partial charge in [-0.05, 0) is 36.5 Å². The quantitative estimate of drug-likeness (QED) is 0.868. The number of benzene rings is 1. The van der Waals surface area contributed by atoms with Gasteiger partial charge in [-0.1, -0.05) is 26.0 Å². The van der Waals surface area contributed by atoms with Gasteiger partial charge in [-0.3, -0.25) is 0 Å². The van der Waals surface area contributed by atoms with Gasteiger partial charge in [0.1, 0.15) is 0 Å². The summed E-state index contributed by atoms with van der Waals surface area (Å²) in [5.74, 6) is 0.448. The monoisotopic (exact) mass is 285 g/mol. The molecule has 5 heteroatoms. The average Bonchev–Trinajstić information content (AvgIpc) is 2.28. The summed E-state index contributed by atoms with van der Waals surface area (Å²) in [6.07, 6.45) is 0.925. The molecule has 0 amide bonds. The van der Waals surface area contributed by atoms with E-state index in [2.05, 4.69) is 13.8 Å². The van der Waals surface area contributed by atoms with Crippen molar-refractivity contribution in [3.8, 4) is 0 Å². The Bertz CT molecular complexity index is 492. The largest absolute Gasteiger partial charge is 0.393 e. The van der Waals surface area contributed by atoms with Crippen LogP contribution < -0.4 is 0 Å². The van der Waals surface area contributed by atoms with Gasteiger partial charge in [0.15, 0.2) is 0 Å². The lowest BCUT2D eigenvalue weighted by molar-refractivity contribution is 0.149. The molecule has 19 heavy (non-hydrogen) atoms. The van der Waals surface area contributed by atoms with Crippen molar-refractivity contribution in [3.05, 3.63) is 29.8 Å². The lowest BCUT2D eigenvalue weighted by Gasteiger charge is -2.14. The Morgan fingerprint density at radius 2 is 1.68 bits per heavy atom. The number of hydrogen-bond donors (Lipinski definition) is 1. The zero-order valence-corrected chi connectivity index (χ0v) is 12.8. The predicted octanol–water partition coefficient (Wildman–Crippen LogP) is 1.89. The molecule has 0 saturated heterocycles. The third kappa shape index (κ3) is 4.60. The molecule has 0 bridgehead atoms. The summed E-state index contributed by atoms with van der Waals surface area (Å²) >= 11 is 0. The van der Waals surface area contributed by atoms with Crippen molar-refractivity contribution < 1.29 is 13.5 Å². The third-order valence-corrected chi connectivity index (χ3v) is 4.75. The molecule has 1 rings (SSSR count). The molecule has 0 saturated carbocycles. The van der Waals surface area contributed by atoms with Crippen LogP contribution in [0.3, 0.4) is 0 Å². The molecule has 108 valence electrons. The highest BCUT2D eigenvalue weighted by atomic mass is 32.2. The minimum absolute atomic E-state index is 0.277. The van der Waals surface area contributed by atoms with E-state index in [0.717, 1.165) is 12.0 Å². The van der Waals surface area contributed by atoms with E-state index in [4.69, 9.17) is 0 Å². The van der Waals surface area contributed by atoms with Crippen LogP contribution >= 0.6 is 0 Å². The van der Waals surface area contributed by atoms with Crippen LogP contribution in [0.2, 0.25) is 0 Å². The molecule has 0 aliphatic carbocycles. The fourth-order valence-electron chi connectivity index (χ4n) is 1.91. The first-order chi connectivity index (χ1) is 8.73. The highest BCUT2D eigenvalue weighted by Crippen LogP contribution is 2.16. The average molecular weight is 285 g/mol. The minimum atomic E-state index is -3.37. The second-order valence-corrected chi connectivity index (χ2v) is 7.57. The van der Waals surface area contributed by atoms with Gasteiger partial charge < -0.3 is 5.11 Å². The molecule has 1 aromatic rings. The van der Waals surface area contributed by atoms with E-state index >= 15 is 0 Å². The Hall–Kier alpha value is -0.910. The van der Waals surface area contributed by atoms with E-state index in [1.54, 1.807) is 24.3 Å². The highest BCUT2D eigenvalue weighted by Gasteiger charge is 2.17. The van der Waals surface area contributed by atoms with Crippen LogP contribution in [0.1, 0.15) is 25.8 Å². The SMILES string of the molecule is CC(C)CC(O)Cc1ccc(S(=O)(=O)N(C)C)cc1. The molecule has 0 fully saturated rings. The van der Waals surface area contributed by atoms with Gasteiger partial charge in [0.05, 0.1) is 11.0 Å². The first-order valence-electron chi connectivity index (χ1n) is 6.43. The standard InChI is InChI=1S/C14H23NO3S/c1-11(2)9-13(16)10-12-5-7-14(8-6-12)19(17,18)15(3)4/h5-8,11,13,16H,9-10H2,1-4H3. The molecular weight excluding hydrogens is 262 g/mol. The van der Waals surface area contributed by atoms with Crippen LogP contribution in [0.4, 0.5) is 0 Å². The third-order valence-electron chi connectivity index (χ3n) is 2.92. The van der Waals surface area contributed by atoms with Crippen LogP contribution in [0.25, 0.3) is 0 Å². The van der Waals surface area contributed by atoms with Crippen LogP contribution in [0.5, 0.6) is 0 Å². The molecule has 1 N–H and O–H groups in total. The maximum atomic E-state index is 11.9. The van der Waals surface area contributed by atoms with Crippen molar-refractivity contribution in [1.29, 1.82) is 0 Å².